The Morgan fingerprint density at radius 1 is 1.19 bits per heavy atom. The highest BCUT2D eigenvalue weighted by Gasteiger charge is 2.12. The van der Waals surface area contributed by atoms with Crippen LogP contribution in [-0.4, -0.2) is 15.8 Å². The molecule has 0 aliphatic carbocycles. The minimum absolute atomic E-state index is 0.0107. The maximum absolute atomic E-state index is 12.3. The fourth-order valence-electron chi connectivity index (χ4n) is 2.73. The zero-order chi connectivity index (χ0) is 15.0. The molecule has 2 heterocycles. The molecule has 21 heavy (non-hydrogen) atoms. The monoisotopic (exact) mass is 298 g/mol. The van der Waals surface area contributed by atoms with Crippen molar-refractivity contribution in [3.05, 3.63) is 63.7 Å². The van der Waals surface area contributed by atoms with Crippen molar-refractivity contribution in [3.8, 4) is 0 Å². The summed E-state index contributed by atoms with van der Waals surface area (Å²) in [6.45, 7) is 4.60. The summed E-state index contributed by atoms with van der Waals surface area (Å²) in [5, 5.41) is 1.21. The first-order chi connectivity index (χ1) is 10.1. The molecular formula is C17H18N2OS. The number of aryl methyl sites for hydroxylation is 2. The van der Waals surface area contributed by atoms with Crippen molar-refractivity contribution in [2.75, 3.05) is 6.26 Å². The quantitative estimate of drug-likeness (QED) is 0.748. The van der Waals surface area contributed by atoms with Crippen LogP contribution in [0, 0.1) is 13.8 Å². The molecule has 3 aromatic rings. The zero-order valence-corrected chi connectivity index (χ0v) is 13.3. The summed E-state index contributed by atoms with van der Waals surface area (Å²) in [6.07, 6.45) is 2.01. The fraction of sp³-hybridized carbons (Fsp3) is 0.235. The lowest BCUT2D eigenvalue weighted by Gasteiger charge is -2.11. The summed E-state index contributed by atoms with van der Waals surface area (Å²) in [5.41, 5.74) is 4.08. The molecule has 0 aliphatic heterocycles. The number of H-pyrrole nitrogens is 1. The third kappa shape index (κ3) is 2.51. The lowest BCUT2D eigenvalue weighted by molar-refractivity contribution is 0.775. The van der Waals surface area contributed by atoms with Gasteiger partial charge in [-0.1, -0.05) is 18.2 Å². The molecule has 0 unspecified atom stereocenters. The van der Waals surface area contributed by atoms with Gasteiger partial charge >= 0.3 is 0 Å². The molecule has 0 amide bonds. The molecule has 3 rings (SSSR count). The lowest BCUT2D eigenvalue weighted by atomic mass is 10.2. The van der Waals surface area contributed by atoms with Gasteiger partial charge in [0, 0.05) is 21.8 Å². The van der Waals surface area contributed by atoms with Gasteiger partial charge in [0.1, 0.15) is 0 Å². The molecule has 0 saturated heterocycles. The highest BCUT2D eigenvalue weighted by Crippen LogP contribution is 2.23. The number of thioether (sulfide) groups is 1. The molecule has 3 nitrogen and oxygen atoms in total. The third-order valence-electron chi connectivity index (χ3n) is 3.78. The Morgan fingerprint density at radius 3 is 2.71 bits per heavy atom. The maximum Gasteiger partial charge on any atom is 0.254 e. The summed E-state index contributed by atoms with van der Waals surface area (Å²) < 4.78 is 2.20. The number of aromatic amines is 1. The minimum atomic E-state index is 0.0107. The van der Waals surface area contributed by atoms with Gasteiger partial charge < -0.3 is 9.55 Å². The number of hydrogen-bond donors (Lipinski definition) is 1. The summed E-state index contributed by atoms with van der Waals surface area (Å²) in [7, 11) is 0. The van der Waals surface area contributed by atoms with E-state index in [2.05, 4.69) is 34.7 Å². The van der Waals surface area contributed by atoms with E-state index in [4.69, 9.17) is 0 Å². The van der Waals surface area contributed by atoms with Gasteiger partial charge in [-0.3, -0.25) is 4.79 Å². The van der Waals surface area contributed by atoms with Gasteiger partial charge in [0.25, 0.3) is 5.56 Å². The van der Waals surface area contributed by atoms with Gasteiger partial charge in [-0.2, -0.15) is 0 Å². The van der Waals surface area contributed by atoms with Gasteiger partial charge in [0.15, 0.2) is 0 Å². The van der Waals surface area contributed by atoms with E-state index in [0.29, 0.717) is 6.54 Å². The first kappa shape index (κ1) is 14.0. The Morgan fingerprint density at radius 2 is 1.95 bits per heavy atom. The van der Waals surface area contributed by atoms with E-state index in [1.807, 2.05) is 31.4 Å². The molecule has 0 spiro atoms. The van der Waals surface area contributed by atoms with E-state index in [-0.39, 0.29) is 5.56 Å². The summed E-state index contributed by atoms with van der Waals surface area (Å²) >= 11 is 1.62. The summed E-state index contributed by atoms with van der Waals surface area (Å²) in [6, 6.07) is 12.5. The van der Waals surface area contributed by atoms with Crippen molar-refractivity contribution in [3.63, 3.8) is 0 Å². The molecule has 108 valence electrons. The van der Waals surface area contributed by atoms with E-state index < -0.39 is 0 Å². The number of aromatic nitrogens is 2. The van der Waals surface area contributed by atoms with Crippen LogP contribution >= 0.6 is 11.8 Å². The van der Waals surface area contributed by atoms with Gasteiger partial charge in [0.05, 0.1) is 12.1 Å². The fourth-order valence-corrected chi connectivity index (χ4v) is 3.43. The molecule has 1 aromatic carbocycles. The third-order valence-corrected chi connectivity index (χ3v) is 4.59. The highest BCUT2D eigenvalue weighted by atomic mass is 32.2. The SMILES string of the molecule is CSc1cc(C)[nH]c(=O)c1Cn1c(C)cc2ccccc21. The number of rotatable bonds is 3. The van der Waals surface area contributed by atoms with E-state index in [0.717, 1.165) is 16.2 Å². The van der Waals surface area contributed by atoms with E-state index >= 15 is 0 Å². The van der Waals surface area contributed by atoms with Crippen LogP contribution in [0.5, 0.6) is 0 Å². The van der Waals surface area contributed by atoms with Gasteiger partial charge in [-0.15, -0.1) is 11.8 Å². The molecule has 4 heteroatoms. The average molecular weight is 298 g/mol. The van der Waals surface area contributed by atoms with Crippen LogP contribution in [0.3, 0.4) is 0 Å². The molecule has 2 aromatic heterocycles. The second kappa shape index (κ2) is 5.45. The van der Waals surface area contributed by atoms with Crippen molar-refractivity contribution in [1.82, 2.24) is 9.55 Å². The van der Waals surface area contributed by atoms with Crippen molar-refractivity contribution in [1.29, 1.82) is 0 Å². The topological polar surface area (TPSA) is 37.8 Å². The summed E-state index contributed by atoms with van der Waals surface area (Å²) in [5.74, 6) is 0. The molecule has 0 aliphatic rings. The second-order valence-electron chi connectivity index (χ2n) is 5.26. The Labute approximate surface area is 128 Å². The first-order valence-corrected chi connectivity index (χ1v) is 8.14. The number of benzene rings is 1. The molecule has 0 bridgehead atoms. The van der Waals surface area contributed by atoms with Gasteiger partial charge in [-0.25, -0.2) is 0 Å². The van der Waals surface area contributed by atoms with E-state index in [1.54, 1.807) is 11.8 Å². The molecule has 0 saturated carbocycles. The van der Waals surface area contributed by atoms with Crippen molar-refractivity contribution in [2.24, 2.45) is 0 Å². The van der Waals surface area contributed by atoms with Crippen LogP contribution in [0.25, 0.3) is 10.9 Å². The number of pyridine rings is 1. The summed E-state index contributed by atoms with van der Waals surface area (Å²) in [4.78, 5) is 16.3. The Bertz CT molecular complexity index is 861. The Hall–Kier alpha value is -1.94. The minimum Gasteiger partial charge on any atom is -0.340 e. The second-order valence-corrected chi connectivity index (χ2v) is 6.11. The van der Waals surface area contributed by atoms with E-state index in [1.165, 1.54) is 16.6 Å². The Kier molecular flexibility index (Phi) is 3.64. The molecule has 0 atom stereocenters. The van der Waals surface area contributed by atoms with Crippen LogP contribution in [0.4, 0.5) is 0 Å². The van der Waals surface area contributed by atoms with Crippen LogP contribution in [-0.2, 0) is 6.54 Å². The van der Waals surface area contributed by atoms with Crippen molar-refractivity contribution < 1.29 is 0 Å². The van der Waals surface area contributed by atoms with Crippen molar-refractivity contribution >= 4 is 22.7 Å². The zero-order valence-electron chi connectivity index (χ0n) is 12.4. The number of fused-ring (bicyclic) bond motifs is 1. The maximum atomic E-state index is 12.3. The van der Waals surface area contributed by atoms with Crippen molar-refractivity contribution in [2.45, 2.75) is 25.3 Å². The molecule has 1 N–H and O–H groups in total. The molecule has 0 radical (unpaired) electrons. The predicted octanol–water partition coefficient (Wildman–Crippen LogP) is 3.72. The van der Waals surface area contributed by atoms with E-state index in [9.17, 15) is 4.79 Å². The smallest absolute Gasteiger partial charge is 0.254 e. The van der Waals surface area contributed by atoms with Crippen LogP contribution in [0.1, 0.15) is 17.0 Å². The molecular weight excluding hydrogens is 280 g/mol. The predicted molar refractivity (Wildman–Crippen MR) is 89.4 cm³/mol. The standard InChI is InChI=1S/C17H18N2OS/c1-11-8-16(21-3)14(17(20)18-11)10-19-12(2)9-13-6-4-5-7-15(13)19/h4-9H,10H2,1-3H3,(H,18,20). The lowest BCUT2D eigenvalue weighted by Crippen LogP contribution is -2.18. The number of para-hydroxylation sites is 1. The average Bonchev–Trinajstić information content (AvgIpc) is 2.77. The highest BCUT2D eigenvalue weighted by molar-refractivity contribution is 7.98. The normalized spacial score (nSPS) is 11.2. The van der Waals surface area contributed by atoms with Gasteiger partial charge in [0.2, 0.25) is 0 Å². The Balaban J connectivity index is 2.15. The first-order valence-electron chi connectivity index (χ1n) is 6.92. The number of hydrogen-bond acceptors (Lipinski definition) is 2. The largest absolute Gasteiger partial charge is 0.340 e. The van der Waals surface area contributed by atoms with Crippen LogP contribution in [0.2, 0.25) is 0 Å². The van der Waals surface area contributed by atoms with Gasteiger partial charge in [-0.05, 0) is 43.7 Å². The van der Waals surface area contributed by atoms with Crippen LogP contribution in [0.15, 0.2) is 46.1 Å². The number of nitrogens with zero attached hydrogens (tertiary/aromatic N) is 1. The number of nitrogens with one attached hydrogen (secondary N) is 1. The van der Waals surface area contributed by atoms with Crippen LogP contribution < -0.4 is 5.56 Å². The molecule has 0 fully saturated rings.